The number of fused-ring (bicyclic) bond motifs is 1. The second-order valence-corrected chi connectivity index (χ2v) is 6.21. The quantitative estimate of drug-likeness (QED) is 0.900. The molecule has 0 aliphatic heterocycles. The number of nitrogens with one attached hydrogen (secondary N) is 1. The van der Waals surface area contributed by atoms with E-state index in [1.165, 1.54) is 6.07 Å². The van der Waals surface area contributed by atoms with Crippen LogP contribution in [0.2, 0.25) is 0 Å². The van der Waals surface area contributed by atoms with Gasteiger partial charge in [0, 0.05) is 17.5 Å². The summed E-state index contributed by atoms with van der Waals surface area (Å²) in [5.74, 6) is 1.07. The summed E-state index contributed by atoms with van der Waals surface area (Å²) in [6.07, 6.45) is 0.990. The van der Waals surface area contributed by atoms with E-state index < -0.39 is 0 Å². The highest BCUT2D eigenvalue weighted by Gasteiger charge is 2.22. The van der Waals surface area contributed by atoms with Crippen molar-refractivity contribution in [3.05, 3.63) is 29.6 Å². The van der Waals surface area contributed by atoms with Gasteiger partial charge in [-0.3, -0.25) is 0 Å². The molecule has 3 nitrogen and oxygen atoms in total. The van der Waals surface area contributed by atoms with Crippen LogP contribution in [0.3, 0.4) is 0 Å². The van der Waals surface area contributed by atoms with E-state index in [0.29, 0.717) is 16.7 Å². The van der Waals surface area contributed by atoms with Crippen molar-refractivity contribution in [2.75, 3.05) is 19.0 Å². The molecule has 1 aromatic heterocycles. The number of pyridine rings is 1. The third kappa shape index (κ3) is 3.09. The van der Waals surface area contributed by atoms with Crippen molar-refractivity contribution in [1.82, 2.24) is 4.98 Å². The first-order chi connectivity index (χ1) is 9.88. The first kappa shape index (κ1) is 15.5. The minimum Gasteiger partial charge on any atom is -0.496 e. The van der Waals surface area contributed by atoms with Crippen LogP contribution in [0, 0.1) is 5.82 Å². The molecule has 114 valence electrons. The lowest BCUT2D eigenvalue weighted by Crippen LogP contribution is -2.17. The number of rotatable bonds is 4. The molecule has 0 amide bonds. The molecule has 21 heavy (non-hydrogen) atoms. The monoisotopic (exact) mass is 290 g/mol. The summed E-state index contributed by atoms with van der Waals surface area (Å²) in [5.41, 5.74) is 1.32. The molecule has 2 aromatic rings. The largest absolute Gasteiger partial charge is 0.496 e. The summed E-state index contributed by atoms with van der Waals surface area (Å²) in [6.45, 7) is 9.28. The molecule has 1 aromatic carbocycles. The Hall–Kier alpha value is -1.84. The minimum absolute atomic E-state index is 0.0887. The van der Waals surface area contributed by atoms with Crippen LogP contribution in [0.25, 0.3) is 10.9 Å². The number of hydrogen-bond acceptors (Lipinski definition) is 3. The van der Waals surface area contributed by atoms with E-state index in [9.17, 15) is 4.39 Å². The second-order valence-electron chi connectivity index (χ2n) is 6.21. The Bertz CT molecular complexity index is 647. The lowest BCUT2D eigenvalue weighted by molar-refractivity contribution is 0.419. The zero-order valence-corrected chi connectivity index (χ0v) is 13.4. The van der Waals surface area contributed by atoms with Crippen molar-refractivity contribution < 1.29 is 9.13 Å². The second kappa shape index (κ2) is 5.88. The van der Waals surface area contributed by atoms with Gasteiger partial charge in [0.1, 0.15) is 22.9 Å². The van der Waals surface area contributed by atoms with Crippen LogP contribution in [-0.2, 0) is 5.41 Å². The SMILES string of the molecule is CCCNc1nc2c(F)ccc(OC)c2cc1C(C)(C)C. The van der Waals surface area contributed by atoms with Crippen LogP contribution in [0.5, 0.6) is 5.75 Å². The van der Waals surface area contributed by atoms with Crippen LogP contribution in [0.15, 0.2) is 18.2 Å². The average molecular weight is 290 g/mol. The van der Waals surface area contributed by atoms with E-state index in [1.807, 2.05) is 6.07 Å². The highest BCUT2D eigenvalue weighted by Crippen LogP contribution is 2.35. The van der Waals surface area contributed by atoms with E-state index in [2.05, 4.69) is 38.0 Å². The number of methoxy groups -OCH3 is 1. The van der Waals surface area contributed by atoms with Crippen molar-refractivity contribution in [2.45, 2.75) is 39.5 Å². The van der Waals surface area contributed by atoms with Crippen molar-refractivity contribution in [3.63, 3.8) is 0 Å². The lowest BCUT2D eigenvalue weighted by Gasteiger charge is -2.24. The van der Waals surface area contributed by atoms with Gasteiger partial charge in [0.25, 0.3) is 0 Å². The molecule has 0 radical (unpaired) electrons. The Balaban J connectivity index is 2.73. The van der Waals surface area contributed by atoms with Crippen LogP contribution in [0.4, 0.5) is 10.2 Å². The molecule has 0 aliphatic carbocycles. The Morgan fingerprint density at radius 2 is 2.00 bits per heavy atom. The van der Waals surface area contributed by atoms with E-state index >= 15 is 0 Å². The maximum atomic E-state index is 14.1. The fourth-order valence-electron chi connectivity index (χ4n) is 2.33. The zero-order chi connectivity index (χ0) is 15.6. The molecule has 0 spiro atoms. The van der Waals surface area contributed by atoms with Gasteiger partial charge in [0.15, 0.2) is 0 Å². The van der Waals surface area contributed by atoms with Crippen LogP contribution in [0.1, 0.15) is 39.7 Å². The van der Waals surface area contributed by atoms with Gasteiger partial charge in [-0.25, -0.2) is 9.37 Å². The van der Waals surface area contributed by atoms with Gasteiger partial charge in [-0.05, 0) is 30.0 Å². The molecule has 0 aliphatic rings. The first-order valence-electron chi connectivity index (χ1n) is 7.30. The molecular weight excluding hydrogens is 267 g/mol. The molecule has 0 bridgehead atoms. The number of benzene rings is 1. The number of ether oxygens (including phenoxy) is 1. The molecule has 1 heterocycles. The third-order valence-corrected chi connectivity index (χ3v) is 3.47. The molecule has 2 rings (SSSR count). The number of aromatic nitrogens is 1. The van der Waals surface area contributed by atoms with Crippen molar-refractivity contribution >= 4 is 16.7 Å². The van der Waals surface area contributed by atoms with E-state index in [-0.39, 0.29) is 11.2 Å². The van der Waals surface area contributed by atoms with Gasteiger partial charge in [-0.15, -0.1) is 0 Å². The fraction of sp³-hybridized carbons (Fsp3) is 0.471. The van der Waals surface area contributed by atoms with Crippen LogP contribution >= 0.6 is 0 Å². The highest BCUT2D eigenvalue weighted by atomic mass is 19.1. The van der Waals surface area contributed by atoms with E-state index in [1.54, 1.807) is 13.2 Å². The van der Waals surface area contributed by atoms with Crippen molar-refractivity contribution in [2.24, 2.45) is 0 Å². The summed E-state index contributed by atoms with van der Waals surface area (Å²) >= 11 is 0. The van der Waals surface area contributed by atoms with E-state index in [4.69, 9.17) is 4.74 Å². The maximum Gasteiger partial charge on any atom is 0.149 e. The molecule has 0 saturated carbocycles. The Labute approximate surface area is 125 Å². The predicted molar refractivity (Wildman–Crippen MR) is 85.7 cm³/mol. The van der Waals surface area contributed by atoms with Gasteiger partial charge in [-0.2, -0.15) is 0 Å². The fourth-order valence-corrected chi connectivity index (χ4v) is 2.33. The summed E-state index contributed by atoms with van der Waals surface area (Å²) in [4.78, 5) is 4.52. The standard InChI is InChI=1S/C17H23FN2O/c1-6-9-19-16-12(17(2,3)4)10-11-14(21-5)8-7-13(18)15(11)20-16/h7-8,10H,6,9H2,1-5H3,(H,19,20). The predicted octanol–water partition coefficient (Wildman–Crippen LogP) is 4.50. The van der Waals surface area contributed by atoms with E-state index in [0.717, 1.165) is 24.3 Å². The molecule has 0 atom stereocenters. The zero-order valence-electron chi connectivity index (χ0n) is 13.4. The third-order valence-electron chi connectivity index (χ3n) is 3.47. The topological polar surface area (TPSA) is 34.2 Å². The smallest absolute Gasteiger partial charge is 0.149 e. The maximum absolute atomic E-state index is 14.1. The Morgan fingerprint density at radius 1 is 1.29 bits per heavy atom. The van der Waals surface area contributed by atoms with Gasteiger partial charge >= 0.3 is 0 Å². The molecule has 4 heteroatoms. The lowest BCUT2D eigenvalue weighted by atomic mass is 9.86. The highest BCUT2D eigenvalue weighted by molar-refractivity contribution is 5.88. The number of halogens is 1. The summed E-state index contributed by atoms with van der Waals surface area (Å²) < 4.78 is 19.4. The van der Waals surface area contributed by atoms with Gasteiger partial charge < -0.3 is 10.1 Å². The van der Waals surface area contributed by atoms with Gasteiger partial charge in [-0.1, -0.05) is 27.7 Å². The normalized spacial score (nSPS) is 11.7. The molecular formula is C17H23FN2O. The summed E-state index contributed by atoms with van der Waals surface area (Å²) in [7, 11) is 1.59. The molecule has 1 N–H and O–H groups in total. The Morgan fingerprint density at radius 3 is 2.57 bits per heavy atom. The number of anilines is 1. The first-order valence-corrected chi connectivity index (χ1v) is 7.30. The number of hydrogen-bond donors (Lipinski definition) is 1. The molecule has 0 unspecified atom stereocenters. The van der Waals surface area contributed by atoms with Crippen molar-refractivity contribution in [3.8, 4) is 5.75 Å². The molecule has 0 fully saturated rings. The van der Waals surface area contributed by atoms with Crippen molar-refractivity contribution in [1.29, 1.82) is 0 Å². The van der Waals surface area contributed by atoms with Gasteiger partial charge in [0.2, 0.25) is 0 Å². The molecule has 0 saturated heterocycles. The summed E-state index contributed by atoms with van der Waals surface area (Å²) in [5, 5.41) is 4.02. The van der Waals surface area contributed by atoms with Crippen LogP contribution < -0.4 is 10.1 Å². The summed E-state index contributed by atoms with van der Waals surface area (Å²) in [6, 6.07) is 5.03. The minimum atomic E-state index is -0.328. The van der Waals surface area contributed by atoms with Crippen LogP contribution in [-0.4, -0.2) is 18.6 Å². The van der Waals surface area contributed by atoms with Gasteiger partial charge in [0.05, 0.1) is 7.11 Å². The number of nitrogens with zero attached hydrogens (tertiary/aromatic N) is 1. The average Bonchev–Trinajstić information content (AvgIpc) is 2.44. The Kier molecular flexibility index (Phi) is 4.35.